The van der Waals surface area contributed by atoms with E-state index in [1.807, 2.05) is 0 Å². The van der Waals surface area contributed by atoms with Crippen molar-refractivity contribution in [1.29, 1.82) is 0 Å². The second kappa shape index (κ2) is 9.25. The lowest BCUT2D eigenvalue weighted by molar-refractivity contribution is -0.0810. The number of rotatable bonds is 4. The molecule has 1 saturated heterocycles. The SMILES string of the molecule is C=C1CCC[C@H](c2ccccc2)N1C[C@H]1CC[C@H]2[C@@H]3CC[C@@H]4C[C@](C)(CC)CC[C@@H]4[C@H]3CC[C@]12C. The Kier molecular flexibility index (Phi) is 6.38. The van der Waals surface area contributed by atoms with Gasteiger partial charge in [0, 0.05) is 12.2 Å². The highest BCUT2D eigenvalue weighted by atomic mass is 15.2. The summed E-state index contributed by atoms with van der Waals surface area (Å²) in [5.74, 6) is 6.01. The molecule has 192 valence electrons. The van der Waals surface area contributed by atoms with Gasteiger partial charge in [-0.05, 0) is 129 Å². The van der Waals surface area contributed by atoms with Crippen molar-refractivity contribution in [3.05, 3.63) is 48.2 Å². The number of hydrogen-bond donors (Lipinski definition) is 0. The predicted molar refractivity (Wildman–Crippen MR) is 148 cm³/mol. The van der Waals surface area contributed by atoms with Gasteiger partial charge in [-0.1, -0.05) is 64.1 Å². The van der Waals surface area contributed by atoms with Crippen molar-refractivity contribution in [2.45, 2.75) is 110 Å². The van der Waals surface area contributed by atoms with E-state index in [1.54, 1.807) is 6.42 Å². The Balaban J connectivity index is 1.18. The fourth-order valence-corrected chi connectivity index (χ4v) is 10.5. The average molecular weight is 474 g/mol. The molecular weight excluding hydrogens is 422 g/mol. The van der Waals surface area contributed by atoms with Crippen LogP contribution in [0.4, 0.5) is 0 Å². The summed E-state index contributed by atoms with van der Waals surface area (Å²) in [6.45, 7) is 13.6. The molecule has 0 unspecified atom stereocenters. The molecule has 0 radical (unpaired) electrons. The van der Waals surface area contributed by atoms with E-state index in [2.05, 4.69) is 62.6 Å². The molecule has 1 aromatic rings. The van der Waals surface area contributed by atoms with Crippen molar-refractivity contribution in [2.24, 2.45) is 46.3 Å². The fourth-order valence-electron chi connectivity index (χ4n) is 10.5. The zero-order chi connectivity index (χ0) is 24.2. The van der Waals surface area contributed by atoms with E-state index in [4.69, 9.17) is 0 Å². The van der Waals surface area contributed by atoms with Gasteiger partial charge in [0.1, 0.15) is 0 Å². The molecule has 35 heavy (non-hydrogen) atoms. The molecule has 1 nitrogen and oxygen atoms in total. The maximum atomic E-state index is 4.60. The lowest BCUT2D eigenvalue weighted by Gasteiger charge is -2.58. The maximum absolute atomic E-state index is 4.60. The summed E-state index contributed by atoms with van der Waals surface area (Å²) in [6.07, 6.45) is 18.8. The molecule has 0 amide bonds. The van der Waals surface area contributed by atoms with Crippen LogP contribution in [0, 0.1) is 46.3 Å². The lowest BCUT2D eigenvalue weighted by Crippen LogP contribution is -2.50. The molecule has 4 saturated carbocycles. The van der Waals surface area contributed by atoms with Gasteiger partial charge in [0.05, 0.1) is 6.04 Å². The van der Waals surface area contributed by atoms with E-state index in [1.165, 1.54) is 94.9 Å². The summed E-state index contributed by atoms with van der Waals surface area (Å²) in [5.41, 5.74) is 4.11. The first-order chi connectivity index (χ1) is 16.9. The quantitative estimate of drug-likeness (QED) is 0.421. The molecule has 0 aromatic heterocycles. The van der Waals surface area contributed by atoms with E-state index < -0.39 is 0 Å². The summed E-state index contributed by atoms with van der Waals surface area (Å²) < 4.78 is 0. The van der Waals surface area contributed by atoms with E-state index >= 15 is 0 Å². The Morgan fingerprint density at radius 1 is 0.886 bits per heavy atom. The minimum atomic E-state index is 0.544. The van der Waals surface area contributed by atoms with Gasteiger partial charge < -0.3 is 4.90 Å². The molecule has 1 aromatic carbocycles. The van der Waals surface area contributed by atoms with Gasteiger partial charge >= 0.3 is 0 Å². The number of fused-ring (bicyclic) bond motifs is 5. The van der Waals surface area contributed by atoms with Gasteiger partial charge in [-0.3, -0.25) is 0 Å². The van der Waals surface area contributed by atoms with Crippen LogP contribution >= 0.6 is 0 Å². The zero-order valence-corrected chi connectivity index (χ0v) is 23.0. The second-order valence-electron chi connectivity index (χ2n) is 14.2. The van der Waals surface area contributed by atoms with Crippen molar-refractivity contribution in [2.75, 3.05) is 6.54 Å². The average Bonchev–Trinajstić information content (AvgIpc) is 3.21. The minimum absolute atomic E-state index is 0.544. The molecule has 1 heteroatoms. The fraction of sp³-hybridized carbons (Fsp3) is 0.765. The van der Waals surface area contributed by atoms with Crippen LogP contribution in [-0.4, -0.2) is 11.4 Å². The molecule has 0 spiro atoms. The maximum Gasteiger partial charge on any atom is 0.0539 e. The molecule has 4 aliphatic carbocycles. The monoisotopic (exact) mass is 473 g/mol. The Hall–Kier alpha value is -1.24. The summed E-state index contributed by atoms with van der Waals surface area (Å²) in [7, 11) is 0. The van der Waals surface area contributed by atoms with Crippen LogP contribution in [0.3, 0.4) is 0 Å². The summed E-state index contributed by atoms with van der Waals surface area (Å²) >= 11 is 0. The van der Waals surface area contributed by atoms with E-state index in [0.717, 1.165) is 35.5 Å². The highest BCUT2D eigenvalue weighted by Crippen LogP contribution is 2.65. The Labute approximate surface area is 216 Å². The first-order valence-corrected chi connectivity index (χ1v) is 15.4. The van der Waals surface area contributed by atoms with Crippen molar-refractivity contribution < 1.29 is 0 Å². The number of nitrogens with zero attached hydrogens (tertiary/aromatic N) is 1. The second-order valence-corrected chi connectivity index (χ2v) is 14.2. The van der Waals surface area contributed by atoms with Crippen LogP contribution in [0.1, 0.15) is 116 Å². The van der Waals surface area contributed by atoms with Gasteiger partial charge in [-0.2, -0.15) is 0 Å². The Morgan fingerprint density at radius 3 is 2.49 bits per heavy atom. The minimum Gasteiger partial charge on any atom is -0.368 e. The molecule has 1 heterocycles. The first-order valence-electron chi connectivity index (χ1n) is 15.4. The molecule has 5 aliphatic rings. The standard InChI is InChI=1S/C34H51N/c1-5-33(3)20-18-28-26(22-33)14-16-30-29(28)19-21-34(4)27(15-17-31(30)34)23-35-24(2)10-9-13-32(35)25-11-7-6-8-12-25/h6-8,11-12,26-32H,2,5,9-10,13-23H2,1,3-4H3/t26-,27-,28+,29-,30-,31+,32-,33-,34-/m1/s1. The van der Waals surface area contributed by atoms with Crippen LogP contribution < -0.4 is 0 Å². The lowest BCUT2D eigenvalue weighted by atomic mass is 9.48. The number of hydrogen-bond acceptors (Lipinski definition) is 1. The first kappa shape index (κ1) is 24.1. The van der Waals surface area contributed by atoms with Crippen LogP contribution in [-0.2, 0) is 0 Å². The van der Waals surface area contributed by atoms with Crippen LogP contribution in [0.2, 0.25) is 0 Å². The van der Waals surface area contributed by atoms with E-state index in [0.29, 0.717) is 16.9 Å². The van der Waals surface area contributed by atoms with Crippen molar-refractivity contribution in [1.82, 2.24) is 4.90 Å². The molecule has 5 fully saturated rings. The number of allylic oxidation sites excluding steroid dienone is 1. The largest absolute Gasteiger partial charge is 0.368 e. The normalized spacial score (nSPS) is 45.5. The van der Waals surface area contributed by atoms with Crippen LogP contribution in [0.5, 0.6) is 0 Å². The van der Waals surface area contributed by atoms with Gasteiger partial charge in [-0.15, -0.1) is 0 Å². The Bertz CT molecular complexity index is 904. The number of likely N-dealkylation sites (tertiary alicyclic amines) is 1. The zero-order valence-electron chi connectivity index (χ0n) is 23.0. The molecule has 6 rings (SSSR count). The smallest absolute Gasteiger partial charge is 0.0539 e. The van der Waals surface area contributed by atoms with Gasteiger partial charge in [-0.25, -0.2) is 0 Å². The number of piperidine rings is 1. The predicted octanol–water partition coefficient (Wildman–Crippen LogP) is 9.41. The van der Waals surface area contributed by atoms with Crippen molar-refractivity contribution >= 4 is 0 Å². The van der Waals surface area contributed by atoms with E-state index in [-0.39, 0.29) is 0 Å². The third-order valence-electron chi connectivity index (χ3n) is 12.7. The third kappa shape index (κ3) is 4.12. The molecular formula is C34H51N. The summed E-state index contributed by atoms with van der Waals surface area (Å²) in [5, 5.41) is 0. The topological polar surface area (TPSA) is 3.24 Å². The summed E-state index contributed by atoms with van der Waals surface area (Å²) in [4.78, 5) is 2.77. The van der Waals surface area contributed by atoms with Crippen LogP contribution in [0.25, 0.3) is 0 Å². The van der Waals surface area contributed by atoms with E-state index in [9.17, 15) is 0 Å². The highest BCUT2D eigenvalue weighted by Gasteiger charge is 2.57. The van der Waals surface area contributed by atoms with Crippen molar-refractivity contribution in [3.63, 3.8) is 0 Å². The van der Waals surface area contributed by atoms with Gasteiger partial charge in [0.2, 0.25) is 0 Å². The number of benzene rings is 1. The molecule has 9 atom stereocenters. The Morgan fingerprint density at radius 2 is 1.69 bits per heavy atom. The van der Waals surface area contributed by atoms with Gasteiger partial charge in [0.15, 0.2) is 0 Å². The van der Waals surface area contributed by atoms with Crippen LogP contribution in [0.15, 0.2) is 42.6 Å². The highest BCUT2D eigenvalue weighted by molar-refractivity contribution is 5.22. The molecule has 1 aliphatic heterocycles. The molecule has 0 bridgehead atoms. The molecule has 0 N–H and O–H groups in total. The van der Waals surface area contributed by atoms with Crippen molar-refractivity contribution in [3.8, 4) is 0 Å². The summed E-state index contributed by atoms with van der Waals surface area (Å²) in [6, 6.07) is 11.9. The van der Waals surface area contributed by atoms with Gasteiger partial charge in [0.25, 0.3) is 0 Å². The third-order valence-corrected chi connectivity index (χ3v) is 12.7.